The SMILES string of the molecule is C1=CNSN=C1.O=C(O)C1CC=Cc2ccccc21. The van der Waals surface area contributed by atoms with Crippen molar-refractivity contribution in [3.05, 3.63) is 53.7 Å². The lowest BCUT2D eigenvalue weighted by Crippen LogP contribution is -2.13. The van der Waals surface area contributed by atoms with Crippen molar-refractivity contribution in [1.29, 1.82) is 0 Å². The molecule has 1 aromatic carbocycles. The Morgan fingerprint density at radius 1 is 1.42 bits per heavy atom. The monoisotopic (exact) mass is 274 g/mol. The molecule has 3 rings (SSSR count). The van der Waals surface area contributed by atoms with Crippen molar-refractivity contribution >= 4 is 30.4 Å². The third-order valence-corrected chi connectivity index (χ3v) is 3.22. The molecule has 1 aromatic rings. The second-order valence-electron chi connectivity index (χ2n) is 3.98. The molecule has 0 saturated carbocycles. The average Bonchev–Trinajstić information content (AvgIpc) is 2.49. The zero-order valence-corrected chi connectivity index (χ0v) is 11.0. The van der Waals surface area contributed by atoms with Crippen LogP contribution in [0, 0.1) is 0 Å². The Morgan fingerprint density at radius 2 is 2.26 bits per heavy atom. The molecule has 0 spiro atoms. The number of aliphatic carboxylic acids is 1. The molecule has 1 heterocycles. The Kier molecular flexibility index (Phi) is 4.80. The summed E-state index contributed by atoms with van der Waals surface area (Å²) in [4.78, 5) is 10.9. The minimum Gasteiger partial charge on any atom is -0.481 e. The average molecular weight is 274 g/mol. The van der Waals surface area contributed by atoms with E-state index in [1.807, 2.05) is 48.7 Å². The van der Waals surface area contributed by atoms with E-state index in [-0.39, 0.29) is 5.92 Å². The third kappa shape index (κ3) is 3.72. The van der Waals surface area contributed by atoms with Gasteiger partial charge in [-0.2, -0.15) is 0 Å². The van der Waals surface area contributed by atoms with Gasteiger partial charge in [0.2, 0.25) is 0 Å². The van der Waals surface area contributed by atoms with Gasteiger partial charge in [-0.3, -0.25) is 4.79 Å². The maximum Gasteiger partial charge on any atom is 0.311 e. The van der Waals surface area contributed by atoms with Gasteiger partial charge in [0.15, 0.2) is 0 Å². The molecule has 19 heavy (non-hydrogen) atoms. The summed E-state index contributed by atoms with van der Waals surface area (Å²) in [5.41, 5.74) is 1.96. The van der Waals surface area contributed by atoms with E-state index in [0.29, 0.717) is 6.42 Å². The summed E-state index contributed by atoms with van der Waals surface area (Å²) >= 11 is 1.33. The number of hydrogen-bond donors (Lipinski definition) is 2. The smallest absolute Gasteiger partial charge is 0.311 e. The minimum absolute atomic E-state index is 0.360. The number of nitrogens with one attached hydrogen (secondary N) is 1. The van der Waals surface area contributed by atoms with Crippen molar-refractivity contribution < 1.29 is 9.90 Å². The second-order valence-corrected chi connectivity index (χ2v) is 4.61. The van der Waals surface area contributed by atoms with Gasteiger partial charge >= 0.3 is 5.97 Å². The molecular formula is C14H14N2O2S. The molecule has 1 aliphatic heterocycles. The van der Waals surface area contributed by atoms with Crippen LogP contribution < -0.4 is 4.72 Å². The van der Waals surface area contributed by atoms with E-state index < -0.39 is 5.97 Å². The Bertz CT molecular complexity index is 526. The van der Waals surface area contributed by atoms with Crippen LogP contribution in [0.5, 0.6) is 0 Å². The van der Waals surface area contributed by atoms with Crippen LogP contribution in [-0.4, -0.2) is 17.3 Å². The number of nitrogens with zero attached hydrogens (tertiary/aromatic N) is 1. The summed E-state index contributed by atoms with van der Waals surface area (Å²) in [5, 5.41) is 8.95. The second kappa shape index (κ2) is 6.80. The zero-order chi connectivity index (χ0) is 13.5. The molecule has 1 atom stereocenters. The summed E-state index contributed by atoms with van der Waals surface area (Å²) in [6.07, 6.45) is 9.91. The maximum absolute atomic E-state index is 10.9. The van der Waals surface area contributed by atoms with Crippen molar-refractivity contribution in [3.63, 3.8) is 0 Å². The fourth-order valence-corrected chi connectivity index (χ4v) is 2.21. The van der Waals surface area contributed by atoms with E-state index in [2.05, 4.69) is 9.12 Å². The van der Waals surface area contributed by atoms with Gasteiger partial charge in [-0.05, 0) is 23.6 Å². The highest BCUT2D eigenvalue weighted by atomic mass is 32.2. The van der Waals surface area contributed by atoms with Crippen molar-refractivity contribution in [1.82, 2.24) is 4.72 Å². The fourth-order valence-electron chi connectivity index (χ4n) is 1.88. The molecular weight excluding hydrogens is 260 g/mol. The van der Waals surface area contributed by atoms with Crippen molar-refractivity contribution in [2.45, 2.75) is 12.3 Å². The van der Waals surface area contributed by atoms with Gasteiger partial charge in [-0.25, -0.2) is 4.40 Å². The van der Waals surface area contributed by atoms with Crippen LogP contribution in [-0.2, 0) is 4.79 Å². The van der Waals surface area contributed by atoms with Gasteiger partial charge in [0, 0.05) is 12.4 Å². The first kappa shape index (κ1) is 13.4. The summed E-state index contributed by atoms with van der Waals surface area (Å²) in [7, 11) is 0. The molecule has 1 unspecified atom stereocenters. The molecule has 2 aliphatic rings. The molecule has 2 N–H and O–H groups in total. The van der Waals surface area contributed by atoms with Crippen LogP contribution in [0.3, 0.4) is 0 Å². The first-order valence-corrected chi connectivity index (χ1v) is 6.64. The summed E-state index contributed by atoms with van der Waals surface area (Å²) in [6, 6.07) is 7.64. The molecule has 0 fully saturated rings. The van der Waals surface area contributed by atoms with Crippen molar-refractivity contribution in [2.75, 3.05) is 0 Å². The molecule has 0 saturated heterocycles. The van der Waals surface area contributed by atoms with Crippen LogP contribution in [0.2, 0.25) is 0 Å². The normalized spacial score (nSPS) is 18.8. The topological polar surface area (TPSA) is 61.7 Å². The van der Waals surface area contributed by atoms with Gasteiger partial charge in [0.25, 0.3) is 0 Å². The predicted octanol–water partition coefficient (Wildman–Crippen LogP) is 3.01. The lowest BCUT2D eigenvalue weighted by Gasteiger charge is -2.17. The zero-order valence-electron chi connectivity index (χ0n) is 10.2. The highest BCUT2D eigenvalue weighted by Crippen LogP contribution is 2.29. The van der Waals surface area contributed by atoms with Gasteiger partial charge in [-0.1, -0.05) is 36.4 Å². The Morgan fingerprint density at radius 3 is 2.84 bits per heavy atom. The van der Waals surface area contributed by atoms with Crippen LogP contribution in [0.1, 0.15) is 23.5 Å². The summed E-state index contributed by atoms with van der Waals surface area (Å²) < 4.78 is 6.59. The van der Waals surface area contributed by atoms with Gasteiger partial charge in [0.05, 0.1) is 18.1 Å². The molecule has 1 aliphatic carbocycles. The number of carboxylic acids is 1. The number of benzene rings is 1. The van der Waals surface area contributed by atoms with Crippen molar-refractivity contribution in [2.24, 2.45) is 4.40 Å². The van der Waals surface area contributed by atoms with E-state index in [1.54, 1.807) is 6.21 Å². The van der Waals surface area contributed by atoms with E-state index >= 15 is 0 Å². The number of carboxylic acid groups (broad SMARTS) is 1. The van der Waals surface area contributed by atoms with E-state index in [1.165, 1.54) is 12.1 Å². The molecule has 98 valence electrons. The molecule has 0 radical (unpaired) electrons. The molecule has 0 amide bonds. The van der Waals surface area contributed by atoms with Crippen LogP contribution in [0.4, 0.5) is 0 Å². The highest BCUT2D eigenvalue weighted by Gasteiger charge is 2.22. The first-order chi connectivity index (χ1) is 9.29. The fraction of sp³-hybridized carbons (Fsp3) is 0.143. The Balaban J connectivity index is 0.000000186. The number of hydrogen-bond acceptors (Lipinski definition) is 4. The number of allylic oxidation sites excluding steroid dienone is 2. The predicted molar refractivity (Wildman–Crippen MR) is 78.8 cm³/mol. The highest BCUT2D eigenvalue weighted by molar-refractivity contribution is 7.96. The molecule has 5 heteroatoms. The quantitative estimate of drug-likeness (QED) is 0.773. The van der Waals surface area contributed by atoms with Crippen LogP contribution >= 0.6 is 12.1 Å². The number of rotatable bonds is 1. The minimum atomic E-state index is -0.739. The van der Waals surface area contributed by atoms with E-state index in [4.69, 9.17) is 5.11 Å². The van der Waals surface area contributed by atoms with Gasteiger partial charge in [0.1, 0.15) is 0 Å². The number of carbonyl (C=O) groups is 1. The van der Waals surface area contributed by atoms with E-state index in [9.17, 15) is 4.79 Å². The van der Waals surface area contributed by atoms with Gasteiger partial charge < -0.3 is 9.83 Å². The summed E-state index contributed by atoms with van der Waals surface area (Å²) in [6.45, 7) is 0. The Hall–Kier alpha value is -2.01. The molecule has 4 nitrogen and oxygen atoms in total. The van der Waals surface area contributed by atoms with Crippen LogP contribution in [0.15, 0.2) is 47.0 Å². The molecule has 0 bridgehead atoms. The lowest BCUT2D eigenvalue weighted by atomic mass is 9.87. The number of fused-ring (bicyclic) bond motifs is 1. The maximum atomic E-state index is 10.9. The Labute approximate surface area is 116 Å². The molecule has 0 aromatic heterocycles. The van der Waals surface area contributed by atoms with Gasteiger partial charge in [-0.15, -0.1) is 0 Å². The lowest BCUT2D eigenvalue weighted by molar-refractivity contribution is -0.138. The van der Waals surface area contributed by atoms with E-state index in [0.717, 1.165) is 11.1 Å². The van der Waals surface area contributed by atoms with Crippen molar-refractivity contribution in [3.8, 4) is 0 Å². The first-order valence-electron chi connectivity index (χ1n) is 5.87. The van der Waals surface area contributed by atoms with Crippen LogP contribution in [0.25, 0.3) is 6.08 Å². The third-order valence-electron chi connectivity index (χ3n) is 2.76. The largest absolute Gasteiger partial charge is 0.481 e. The standard InChI is InChI=1S/C11H10O2.C3H4N2S/c12-11(13)10-7-3-5-8-4-1-2-6-9(8)10;1-2-4-6-5-3-1/h1-6,10H,7H2,(H,12,13);1-4H. The summed E-state index contributed by atoms with van der Waals surface area (Å²) in [5.74, 6) is -1.10.